The van der Waals surface area contributed by atoms with E-state index in [0.717, 1.165) is 6.42 Å². The Balaban J connectivity index is 0.000000180. The molecule has 0 amide bonds. The molecule has 56 valence electrons. The predicted molar refractivity (Wildman–Crippen MR) is 36.1 cm³/mol. The second-order valence-electron chi connectivity index (χ2n) is 1.84. The van der Waals surface area contributed by atoms with Crippen molar-refractivity contribution >= 4 is 5.97 Å². The number of cyclic esters (lactones) is 1. The third kappa shape index (κ3) is 5.10. The van der Waals surface area contributed by atoms with Gasteiger partial charge in [-0.3, -0.25) is 4.79 Å². The topological polar surface area (TPSA) is 50.1 Å². The number of hydrogen-bond donors (Lipinski definition) is 0. The Hall–Kier alpha value is -1.04. The lowest BCUT2D eigenvalue weighted by Crippen LogP contribution is -1.88. The van der Waals surface area contributed by atoms with E-state index in [0.29, 0.717) is 19.4 Å². The lowest BCUT2D eigenvalue weighted by atomic mass is 10.4. The zero-order valence-corrected chi connectivity index (χ0v) is 6.09. The van der Waals surface area contributed by atoms with Crippen LogP contribution in [0.1, 0.15) is 26.2 Å². The highest BCUT2D eigenvalue weighted by molar-refractivity contribution is 5.70. The summed E-state index contributed by atoms with van der Waals surface area (Å²) in [6.45, 7) is 2.46. The number of nitriles is 1. The summed E-state index contributed by atoms with van der Waals surface area (Å²) in [6, 6.07) is 1.93. The van der Waals surface area contributed by atoms with Gasteiger partial charge in [0.2, 0.25) is 0 Å². The van der Waals surface area contributed by atoms with Gasteiger partial charge >= 0.3 is 5.97 Å². The van der Waals surface area contributed by atoms with E-state index in [4.69, 9.17) is 5.26 Å². The van der Waals surface area contributed by atoms with E-state index in [9.17, 15) is 4.79 Å². The predicted octanol–water partition coefficient (Wildman–Crippen LogP) is 1.24. The minimum atomic E-state index is -0.0463. The minimum absolute atomic E-state index is 0.0463. The largest absolute Gasteiger partial charge is 0.466 e. The number of carbonyl (C=O) groups is 1. The molecule has 0 aromatic heterocycles. The molecule has 0 atom stereocenters. The fourth-order valence-corrected chi connectivity index (χ4v) is 0.475. The molecule has 0 radical (unpaired) electrons. The molecule has 1 rings (SSSR count). The van der Waals surface area contributed by atoms with Crippen molar-refractivity contribution in [3.63, 3.8) is 0 Å². The number of rotatable bonds is 0. The van der Waals surface area contributed by atoms with Crippen molar-refractivity contribution in [3.8, 4) is 6.07 Å². The first-order valence-electron chi connectivity index (χ1n) is 3.33. The summed E-state index contributed by atoms with van der Waals surface area (Å²) in [7, 11) is 0. The second kappa shape index (κ2) is 6.09. The molecule has 0 unspecified atom stereocenters. The molecule has 10 heavy (non-hydrogen) atoms. The third-order valence-corrected chi connectivity index (χ3v) is 0.946. The standard InChI is InChI=1S/C4H6O2.C3H5N/c5-4-2-1-3-6-4;1-2-3-4/h1-3H2;2H2,1H3. The van der Waals surface area contributed by atoms with Crippen molar-refractivity contribution < 1.29 is 9.53 Å². The van der Waals surface area contributed by atoms with Crippen LogP contribution < -0.4 is 0 Å². The van der Waals surface area contributed by atoms with Crippen LogP contribution in [0.4, 0.5) is 0 Å². The van der Waals surface area contributed by atoms with E-state index in [1.807, 2.05) is 13.0 Å². The Labute approximate surface area is 60.6 Å². The van der Waals surface area contributed by atoms with E-state index in [-0.39, 0.29) is 5.97 Å². The summed E-state index contributed by atoms with van der Waals surface area (Å²) in [5.74, 6) is -0.0463. The first kappa shape index (κ1) is 8.96. The van der Waals surface area contributed by atoms with Crippen LogP contribution in [-0.2, 0) is 9.53 Å². The lowest BCUT2D eigenvalue weighted by molar-refractivity contribution is -0.137. The highest BCUT2D eigenvalue weighted by Crippen LogP contribution is 2.01. The van der Waals surface area contributed by atoms with Crippen LogP contribution in [0.2, 0.25) is 0 Å². The van der Waals surface area contributed by atoms with E-state index >= 15 is 0 Å². The SMILES string of the molecule is CCC#N.O=C1CCCO1. The average molecular weight is 141 g/mol. The maximum absolute atomic E-state index is 10.0. The van der Waals surface area contributed by atoms with Crippen LogP contribution in [0.25, 0.3) is 0 Å². The van der Waals surface area contributed by atoms with Crippen molar-refractivity contribution in [3.05, 3.63) is 0 Å². The summed E-state index contributed by atoms with van der Waals surface area (Å²) in [6.07, 6.45) is 2.17. The summed E-state index contributed by atoms with van der Waals surface area (Å²) in [5, 5.41) is 7.62. The number of esters is 1. The van der Waals surface area contributed by atoms with Gasteiger partial charge in [0, 0.05) is 12.8 Å². The molecule has 1 aliphatic rings. The Morgan fingerprint density at radius 3 is 2.50 bits per heavy atom. The van der Waals surface area contributed by atoms with Gasteiger partial charge in [0.1, 0.15) is 0 Å². The quantitative estimate of drug-likeness (QED) is 0.477. The number of hydrogen-bond acceptors (Lipinski definition) is 3. The molecule has 1 fully saturated rings. The lowest BCUT2D eigenvalue weighted by Gasteiger charge is -1.81. The van der Waals surface area contributed by atoms with Crippen LogP contribution in [0, 0.1) is 11.3 Å². The molecule has 3 heteroatoms. The Bertz CT molecular complexity index is 129. The summed E-state index contributed by atoms with van der Waals surface area (Å²) in [5.41, 5.74) is 0. The molecular formula is C7H11NO2. The van der Waals surface area contributed by atoms with Crippen molar-refractivity contribution in [2.24, 2.45) is 0 Å². The first-order valence-corrected chi connectivity index (χ1v) is 3.33. The molecule has 1 saturated heterocycles. The fourth-order valence-electron chi connectivity index (χ4n) is 0.475. The van der Waals surface area contributed by atoms with Gasteiger partial charge < -0.3 is 4.74 Å². The van der Waals surface area contributed by atoms with E-state index < -0.39 is 0 Å². The molecule has 0 aromatic carbocycles. The summed E-state index contributed by atoms with van der Waals surface area (Å²) >= 11 is 0. The molecular weight excluding hydrogens is 130 g/mol. The highest BCUT2D eigenvalue weighted by atomic mass is 16.5. The van der Waals surface area contributed by atoms with Crippen LogP contribution in [0.5, 0.6) is 0 Å². The molecule has 0 N–H and O–H groups in total. The summed E-state index contributed by atoms with van der Waals surface area (Å²) in [4.78, 5) is 10.0. The Morgan fingerprint density at radius 2 is 2.40 bits per heavy atom. The van der Waals surface area contributed by atoms with Crippen molar-refractivity contribution in [2.75, 3.05) is 6.61 Å². The molecule has 0 saturated carbocycles. The molecule has 0 spiro atoms. The number of carbonyl (C=O) groups excluding carboxylic acids is 1. The van der Waals surface area contributed by atoms with Gasteiger partial charge in [-0.15, -0.1) is 0 Å². The second-order valence-corrected chi connectivity index (χ2v) is 1.84. The van der Waals surface area contributed by atoms with E-state index in [2.05, 4.69) is 4.74 Å². The molecule has 1 heterocycles. The average Bonchev–Trinajstić information content (AvgIpc) is 2.40. The first-order chi connectivity index (χ1) is 4.81. The highest BCUT2D eigenvalue weighted by Gasteiger charge is 2.08. The van der Waals surface area contributed by atoms with Gasteiger partial charge in [0.05, 0.1) is 12.7 Å². The van der Waals surface area contributed by atoms with Crippen LogP contribution in [0.3, 0.4) is 0 Å². The van der Waals surface area contributed by atoms with Gasteiger partial charge in [0.15, 0.2) is 0 Å². The fraction of sp³-hybridized carbons (Fsp3) is 0.714. The van der Waals surface area contributed by atoms with Gasteiger partial charge in [0.25, 0.3) is 0 Å². The Kier molecular flexibility index (Phi) is 5.45. The zero-order valence-electron chi connectivity index (χ0n) is 6.09. The van der Waals surface area contributed by atoms with Gasteiger partial charge in [-0.05, 0) is 6.42 Å². The molecule has 0 aliphatic carbocycles. The van der Waals surface area contributed by atoms with E-state index in [1.54, 1.807) is 0 Å². The third-order valence-electron chi connectivity index (χ3n) is 0.946. The van der Waals surface area contributed by atoms with Crippen molar-refractivity contribution in [1.29, 1.82) is 5.26 Å². The molecule has 0 aromatic rings. The smallest absolute Gasteiger partial charge is 0.305 e. The van der Waals surface area contributed by atoms with Crippen molar-refractivity contribution in [1.82, 2.24) is 0 Å². The monoisotopic (exact) mass is 141 g/mol. The van der Waals surface area contributed by atoms with Crippen LogP contribution >= 0.6 is 0 Å². The van der Waals surface area contributed by atoms with Crippen molar-refractivity contribution in [2.45, 2.75) is 26.2 Å². The van der Waals surface area contributed by atoms with Crippen LogP contribution in [0.15, 0.2) is 0 Å². The zero-order chi connectivity index (χ0) is 7.82. The van der Waals surface area contributed by atoms with Gasteiger partial charge in [-0.1, -0.05) is 6.92 Å². The molecule has 1 aliphatic heterocycles. The van der Waals surface area contributed by atoms with Gasteiger partial charge in [-0.25, -0.2) is 0 Å². The van der Waals surface area contributed by atoms with Gasteiger partial charge in [-0.2, -0.15) is 5.26 Å². The number of nitrogens with zero attached hydrogens (tertiary/aromatic N) is 1. The minimum Gasteiger partial charge on any atom is -0.466 e. The number of ether oxygens (including phenoxy) is 1. The summed E-state index contributed by atoms with van der Waals surface area (Å²) < 4.78 is 4.51. The Morgan fingerprint density at radius 1 is 1.80 bits per heavy atom. The molecule has 3 nitrogen and oxygen atoms in total. The maximum atomic E-state index is 10.0. The molecule has 0 bridgehead atoms. The van der Waals surface area contributed by atoms with Crippen LogP contribution in [-0.4, -0.2) is 12.6 Å². The normalized spacial score (nSPS) is 14.6. The maximum Gasteiger partial charge on any atom is 0.305 e. The van der Waals surface area contributed by atoms with E-state index in [1.165, 1.54) is 0 Å².